The van der Waals surface area contributed by atoms with Gasteiger partial charge in [-0.2, -0.15) is 10.2 Å². The summed E-state index contributed by atoms with van der Waals surface area (Å²) in [5.41, 5.74) is 3.99. The standard InChI is InChI=1S/C27H28N4O4/c1-19(2)27(33)35-18-17-34-25-15-5-20(6-16-25)26(32)28-21-7-9-22(10-8-21)29-30-23-11-13-24(14-12-23)31(3)4/h5-16H,1,17-18H2,2-4H3,(H,28,32)/b30-29+. The molecule has 0 aliphatic carbocycles. The number of carbonyl (C=O) groups excluding carboxylic acids is 2. The first-order valence-electron chi connectivity index (χ1n) is 11.0. The second-order valence-electron chi connectivity index (χ2n) is 7.90. The number of carbonyl (C=O) groups is 2. The molecule has 3 aromatic carbocycles. The Morgan fingerprint density at radius 1 is 0.857 bits per heavy atom. The molecule has 0 aliphatic heterocycles. The molecule has 0 spiro atoms. The number of rotatable bonds is 10. The fourth-order valence-electron chi connectivity index (χ4n) is 2.87. The summed E-state index contributed by atoms with van der Waals surface area (Å²) in [7, 11) is 3.96. The molecule has 0 saturated heterocycles. The monoisotopic (exact) mass is 472 g/mol. The smallest absolute Gasteiger partial charge is 0.333 e. The quantitative estimate of drug-likeness (QED) is 0.171. The average Bonchev–Trinajstić information content (AvgIpc) is 2.86. The molecule has 3 rings (SSSR count). The van der Waals surface area contributed by atoms with Crippen molar-refractivity contribution in [3.8, 4) is 5.75 Å². The molecule has 0 saturated carbocycles. The lowest BCUT2D eigenvalue weighted by atomic mass is 10.2. The highest BCUT2D eigenvalue weighted by Crippen LogP contribution is 2.23. The molecule has 0 fully saturated rings. The van der Waals surface area contributed by atoms with Crippen molar-refractivity contribution in [1.82, 2.24) is 0 Å². The predicted molar refractivity (Wildman–Crippen MR) is 137 cm³/mol. The molecule has 0 heterocycles. The number of benzene rings is 3. The number of hydrogen-bond donors (Lipinski definition) is 1. The van der Waals surface area contributed by atoms with E-state index in [2.05, 4.69) is 22.1 Å². The van der Waals surface area contributed by atoms with Crippen molar-refractivity contribution in [2.75, 3.05) is 37.5 Å². The van der Waals surface area contributed by atoms with Crippen molar-refractivity contribution in [3.05, 3.63) is 90.5 Å². The van der Waals surface area contributed by atoms with Crippen molar-refractivity contribution >= 4 is 34.6 Å². The van der Waals surface area contributed by atoms with Gasteiger partial charge in [-0.3, -0.25) is 4.79 Å². The number of anilines is 2. The fourth-order valence-corrected chi connectivity index (χ4v) is 2.87. The molecule has 8 nitrogen and oxygen atoms in total. The van der Waals surface area contributed by atoms with Crippen LogP contribution in [0.4, 0.5) is 22.7 Å². The number of azo groups is 1. The molecule has 8 heteroatoms. The lowest BCUT2D eigenvalue weighted by Gasteiger charge is -2.11. The van der Waals surface area contributed by atoms with E-state index in [0.717, 1.165) is 11.4 Å². The third-order valence-corrected chi connectivity index (χ3v) is 4.82. The van der Waals surface area contributed by atoms with Gasteiger partial charge in [-0.15, -0.1) is 0 Å². The maximum Gasteiger partial charge on any atom is 0.333 e. The Balaban J connectivity index is 1.49. The second-order valence-corrected chi connectivity index (χ2v) is 7.90. The zero-order chi connectivity index (χ0) is 25.2. The van der Waals surface area contributed by atoms with Crippen molar-refractivity contribution in [1.29, 1.82) is 0 Å². The van der Waals surface area contributed by atoms with Crippen LogP contribution in [0.3, 0.4) is 0 Å². The van der Waals surface area contributed by atoms with E-state index in [-0.39, 0.29) is 19.1 Å². The van der Waals surface area contributed by atoms with Gasteiger partial charge in [0.15, 0.2) is 0 Å². The number of nitrogens with zero attached hydrogens (tertiary/aromatic N) is 3. The minimum atomic E-state index is -0.452. The highest BCUT2D eigenvalue weighted by atomic mass is 16.6. The van der Waals surface area contributed by atoms with E-state index in [1.165, 1.54) is 0 Å². The molecular formula is C27H28N4O4. The summed E-state index contributed by atoms with van der Waals surface area (Å²) in [4.78, 5) is 25.9. The summed E-state index contributed by atoms with van der Waals surface area (Å²) < 4.78 is 10.5. The van der Waals surface area contributed by atoms with Gasteiger partial charge in [0.2, 0.25) is 0 Å². The van der Waals surface area contributed by atoms with Gasteiger partial charge in [0.05, 0.1) is 11.4 Å². The van der Waals surface area contributed by atoms with Crippen molar-refractivity contribution < 1.29 is 19.1 Å². The number of ether oxygens (including phenoxy) is 2. The molecule has 180 valence electrons. The van der Waals surface area contributed by atoms with Crippen molar-refractivity contribution in [3.63, 3.8) is 0 Å². The molecule has 0 unspecified atom stereocenters. The molecule has 0 radical (unpaired) electrons. The third kappa shape index (κ3) is 7.82. The van der Waals surface area contributed by atoms with E-state index in [4.69, 9.17) is 9.47 Å². The maximum absolute atomic E-state index is 12.5. The summed E-state index contributed by atoms with van der Waals surface area (Å²) in [6.07, 6.45) is 0. The van der Waals surface area contributed by atoms with Gasteiger partial charge in [0, 0.05) is 36.6 Å². The van der Waals surface area contributed by atoms with Gasteiger partial charge < -0.3 is 19.7 Å². The average molecular weight is 473 g/mol. The van der Waals surface area contributed by atoms with E-state index in [9.17, 15) is 9.59 Å². The normalized spacial score (nSPS) is 10.6. The molecule has 0 bridgehead atoms. The van der Waals surface area contributed by atoms with Gasteiger partial charge in [0.1, 0.15) is 19.0 Å². The third-order valence-electron chi connectivity index (χ3n) is 4.82. The van der Waals surface area contributed by atoms with Crippen LogP contribution >= 0.6 is 0 Å². The summed E-state index contributed by atoms with van der Waals surface area (Å²) in [5.74, 6) is -0.132. The number of nitrogens with one attached hydrogen (secondary N) is 1. The molecule has 1 N–H and O–H groups in total. The van der Waals surface area contributed by atoms with Crippen LogP contribution in [0.1, 0.15) is 17.3 Å². The summed E-state index contributed by atoms with van der Waals surface area (Å²) >= 11 is 0. The molecule has 0 aliphatic rings. The van der Waals surface area contributed by atoms with Crippen molar-refractivity contribution in [2.24, 2.45) is 10.2 Å². The predicted octanol–water partition coefficient (Wildman–Crippen LogP) is 5.92. The molecular weight excluding hydrogens is 444 g/mol. The van der Waals surface area contributed by atoms with Crippen LogP contribution in [0.25, 0.3) is 0 Å². The van der Waals surface area contributed by atoms with E-state index in [0.29, 0.717) is 28.3 Å². The van der Waals surface area contributed by atoms with Gasteiger partial charge in [-0.1, -0.05) is 6.58 Å². The van der Waals surface area contributed by atoms with Crippen LogP contribution in [0.5, 0.6) is 5.75 Å². The van der Waals surface area contributed by atoms with Crippen LogP contribution in [-0.4, -0.2) is 39.2 Å². The topological polar surface area (TPSA) is 92.6 Å². The van der Waals surface area contributed by atoms with Gasteiger partial charge in [0.25, 0.3) is 5.91 Å². The molecule has 3 aromatic rings. The minimum absolute atomic E-state index is 0.117. The van der Waals surface area contributed by atoms with Crippen LogP contribution in [0.2, 0.25) is 0 Å². The fraction of sp³-hybridized carbons (Fsp3) is 0.185. The SMILES string of the molecule is C=C(C)C(=O)OCCOc1ccc(C(=O)Nc2ccc(/N=N/c3ccc(N(C)C)cc3)cc2)cc1. The largest absolute Gasteiger partial charge is 0.490 e. The first-order valence-corrected chi connectivity index (χ1v) is 11.0. The maximum atomic E-state index is 12.5. The van der Waals surface area contributed by atoms with E-state index >= 15 is 0 Å². The Kier molecular flexibility index (Phi) is 8.72. The van der Waals surface area contributed by atoms with E-state index in [1.807, 2.05) is 43.3 Å². The lowest BCUT2D eigenvalue weighted by Crippen LogP contribution is -2.13. The van der Waals surface area contributed by atoms with E-state index in [1.54, 1.807) is 55.5 Å². The molecule has 0 aromatic heterocycles. The number of hydrogen-bond acceptors (Lipinski definition) is 7. The van der Waals surface area contributed by atoms with E-state index < -0.39 is 5.97 Å². The summed E-state index contributed by atoms with van der Waals surface area (Å²) in [6.45, 7) is 5.42. The zero-order valence-corrected chi connectivity index (χ0v) is 20.0. The Bertz CT molecular complexity index is 1190. The Morgan fingerprint density at radius 3 is 1.97 bits per heavy atom. The Hall–Kier alpha value is -4.46. The summed E-state index contributed by atoms with van der Waals surface area (Å²) in [6, 6.07) is 21.6. The summed E-state index contributed by atoms with van der Waals surface area (Å²) in [5, 5.41) is 11.3. The van der Waals surface area contributed by atoms with Gasteiger partial charge >= 0.3 is 5.97 Å². The van der Waals surface area contributed by atoms with Crippen LogP contribution in [0, 0.1) is 0 Å². The van der Waals surface area contributed by atoms with Gasteiger partial charge in [-0.05, 0) is 79.7 Å². The highest BCUT2D eigenvalue weighted by molar-refractivity contribution is 6.04. The van der Waals surface area contributed by atoms with Crippen LogP contribution in [0.15, 0.2) is 95.2 Å². The molecule has 35 heavy (non-hydrogen) atoms. The first kappa shape index (κ1) is 25.2. The lowest BCUT2D eigenvalue weighted by molar-refractivity contribution is -0.139. The van der Waals surface area contributed by atoms with Gasteiger partial charge in [-0.25, -0.2) is 4.79 Å². The zero-order valence-electron chi connectivity index (χ0n) is 20.0. The second kappa shape index (κ2) is 12.1. The Labute approximate surface area is 204 Å². The highest BCUT2D eigenvalue weighted by Gasteiger charge is 2.07. The Morgan fingerprint density at radius 2 is 1.43 bits per heavy atom. The molecule has 0 atom stereocenters. The van der Waals surface area contributed by atoms with Crippen LogP contribution < -0.4 is 15.0 Å². The number of amides is 1. The number of esters is 1. The first-order chi connectivity index (χ1) is 16.8. The van der Waals surface area contributed by atoms with Crippen LogP contribution in [-0.2, 0) is 9.53 Å². The molecule has 1 amide bonds. The minimum Gasteiger partial charge on any atom is -0.490 e. The van der Waals surface area contributed by atoms with Crippen molar-refractivity contribution in [2.45, 2.75) is 6.92 Å².